The van der Waals surface area contributed by atoms with Crippen LogP contribution >= 0.6 is 0 Å². The Labute approximate surface area is 171 Å². The van der Waals surface area contributed by atoms with Gasteiger partial charge < -0.3 is 14.4 Å². The lowest BCUT2D eigenvalue weighted by Gasteiger charge is -2.12. The monoisotopic (exact) mass is 423 g/mol. The van der Waals surface area contributed by atoms with Gasteiger partial charge in [-0.05, 0) is 42.3 Å². The SMILES string of the molecule is CO/N=C(/O/N=C(\C)c1cc(C(F)(F)F)ccn1)c1c(C)cccc1CC(=O)OC. The standard InChI is InChI=1S/C20H20F3N3O4/c1-12-6-5-7-14(10-17(27)28-3)18(12)19(26-29-4)30-25-13(2)16-11-15(8-9-24-16)20(21,22)23/h5-9,11H,10H2,1-4H3/b25-13+,26-19+. The third kappa shape index (κ3) is 5.79. The fourth-order valence-corrected chi connectivity index (χ4v) is 2.56. The largest absolute Gasteiger partial charge is 0.469 e. The molecule has 2 rings (SSSR count). The Morgan fingerprint density at radius 1 is 1.17 bits per heavy atom. The second-order valence-electron chi connectivity index (χ2n) is 6.14. The fourth-order valence-electron chi connectivity index (χ4n) is 2.56. The van der Waals surface area contributed by atoms with Gasteiger partial charge in [-0.1, -0.05) is 23.4 Å². The molecule has 0 spiro atoms. The molecule has 160 valence electrons. The predicted octanol–water partition coefficient (Wildman–Crippen LogP) is 3.87. The highest BCUT2D eigenvalue weighted by atomic mass is 19.4. The number of hydrogen-bond acceptors (Lipinski definition) is 7. The summed E-state index contributed by atoms with van der Waals surface area (Å²) >= 11 is 0. The minimum Gasteiger partial charge on any atom is -0.469 e. The van der Waals surface area contributed by atoms with Crippen molar-refractivity contribution in [2.24, 2.45) is 10.3 Å². The van der Waals surface area contributed by atoms with Crippen LogP contribution in [0.5, 0.6) is 0 Å². The summed E-state index contributed by atoms with van der Waals surface area (Å²) in [6.45, 7) is 3.22. The zero-order valence-corrected chi connectivity index (χ0v) is 16.8. The van der Waals surface area contributed by atoms with Gasteiger partial charge in [0.2, 0.25) is 0 Å². The maximum absolute atomic E-state index is 12.9. The predicted molar refractivity (Wildman–Crippen MR) is 103 cm³/mol. The van der Waals surface area contributed by atoms with E-state index < -0.39 is 17.7 Å². The number of ether oxygens (including phenoxy) is 1. The van der Waals surface area contributed by atoms with Gasteiger partial charge in [-0.25, -0.2) is 0 Å². The highest BCUT2D eigenvalue weighted by Crippen LogP contribution is 2.29. The van der Waals surface area contributed by atoms with Crippen LogP contribution in [0.4, 0.5) is 13.2 Å². The first-order valence-corrected chi connectivity index (χ1v) is 8.69. The molecule has 2 aromatic rings. The number of methoxy groups -OCH3 is 1. The summed E-state index contributed by atoms with van der Waals surface area (Å²) in [5.74, 6) is -0.535. The van der Waals surface area contributed by atoms with Gasteiger partial charge in [0.25, 0.3) is 5.90 Å². The van der Waals surface area contributed by atoms with Crippen LogP contribution in [0.15, 0.2) is 46.8 Å². The number of rotatable bonds is 6. The zero-order valence-electron chi connectivity index (χ0n) is 16.8. The van der Waals surface area contributed by atoms with Crippen LogP contribution in [-0.2, 0) is 31.8 Å². The van der Waals surface area contributed by atoms with Gasteiger partial charge in [0.1, 0.15) is 12.8 Å². The second-order valence-corrected chi connectivity index (χ2v) is 6.14. The number of carbonyl (C=O) groups is 1. The normalized spacial score (nSPS) is 12.5. The summed E-state index contributed by atoms with van der Waals surface area (Å²) in [4.78, 5) is 25.8. The average molecular weight is 423 g/mol. The van der Waals surface area contributed by atoms with Gasteiger partial charge >= 0.3 is 12.1 Å². The van der Waals surface area contributed by atoms with Crippen molar-refractivity contribution < 1.29 is 32.4 Å². The molecule has 0 saturated heterocycles. The van der Waals surface area contributed by atoms with Crippen LogP contribution in [0.1, 0.15) is 34.9 Å². The van der Waals surface area contributed by atoms with Crippen molar-refractivity contribution in [1.82, 2.24) is 4.98 Å². The van der Waals surface area contributed by atoms with Crippen LogP contribution in [0.2, 0.25) is 0 Å². The van der Waals surface area contributed by atoms with Gasteiger partial charge in [-0.15, -0.1) is 0 Å². The van der Waals surface area contributed by atoms with Crippen LogP contribution < -0.4 is 0 Å². The van der Waals surface area contributed by atoms with Crippen molar-refractivity contribution in [3.05, 3.63) is 64.5 Å². The minimum atomic E-state index is -4.51. The van der Waals surface area contributed by atoms with Gasteiger partial charge in [0, 0.05) is 11.8 Å². The van der Waals surface area contributed by atoms with E-state index >= 15 is 0 Å². The number of nitrogens with zero attached hydrogens (tertiary/aromatic N) is 3. The molecule has 0 fully saturated rings. The highest BCUT2D eigenvalue weighted by Gasteiger charge is 2.31. The number of benzene rings is 1. The molecule has 0 aliphatic rings. The topological polar surface area (TPSA) is 82.4 Å². The Balaban J connectivity index is 2.38. The van der Waals surface area contributed by atoms with Crippen molar-refractivity contribution in [1.29, 1.82) is 0 Å². The Kier molecular flexibility index (Phi) is 7.51. The second kappa shape index (κ2) is 9.86. The molecule has 7 nitrogen and oxygen atoms in total. The van der Waals surface area contributed by atoms with Gasteiger partial charge in [-0.3, -0.25) is 9.78 Å². The van der Waals surface area contributed by atoms with E-state index in [0.29, 0.717) is 11.1 Å². The zero-order chi connectivity index (χ0) is 22.3. The van der Waals surface area contributed by atoms with Crippen LogP contribution in [0.25, 0.3) is 0 Å². The smallest absolute Gasteiger partial charge is 0.416 e. The molecule has 0 bridgehead atoms. The number of carbonyl (C=O) groups excluding carboxylic acids is 1. The van der Waals surface area contributed by atoms with E-state index in [0.717, 1.165) is 23.9 Å². The summed E-state index contributed by atoms with van der Waals surface area (Å²) in [6, 6.07) is 6.95. The first-order valence-electron chi connectivity index (χ1n) is 8.69. The van der Waals surface area contributed by atoms with Crippen molar-refractivity contribution in [3.63, 3.8) is 0 Å². The number of hydrogen-bond donors (Lipinski definition) is 0. The first kappa shape index (κ1) is 22.9. The summed E-state index contributed by atoms with van der Waals surface area (Å²) in [5.41, 5.74) is 0.958. The number of pyridine rings is 1. The number of halogens is 3. The van der Waals surface area contributed by atoms with E-state index in [1.807, 2.05) is 0 Å². The molecule has 1 aromatic heterocycles. The molecule has 30 heavy (non-hydrogen) atoms. The Bertz CT molecular complexity index is 972. The van der Waals surface area contributed by atoms with E-state index in [1.165, 1.54) is 21.1 Å². The number of alkyl halides is 3. The first-order chi connectivity index (χ1) is 14.2. The molecule has 0 N–H and O–H groups in total. The van der Waals surface area contributed by atoms with E-state index in [1.54, 1.807) is 25.1 Å². The Morgan fingerprint density at radius 2 is 1.90 bits per heavy atom. The molecule has 0 atom stereocenters. The van der Waals surface area contributed by atoms with E-state index in [4.69, 9.17) is 14.4 Å². The van der Waals surface area contributed by atoms with E-state index in [2.05, 4.69) is 15.3 Å². The van der Waals surface area contributed by atoms with Crippen molar-refractivity contribution >= 4 is 17.6 Å². The highest BCUT2D eigenvalue weighted by molar-refractivity contribution is 6.00. The summed E-state index contributed by atoms with van der Waals surface area (Å²) in [5, 5.41) is 7.66. The van der Waals surface area contributed by atoms with Crippen LogP contribution in [0.3, 0.4) is 0 Å². The maximum Gasteiger partial charge on any atom is 0.416 e. The molecule has 0 unspecified atom stereocenters. The lowest BCUT2D eigenvalue weighted by Crippen LogP contribution is -2.15. The third-order valence-electron chi connectivity index (χ3n) is 4.04. The average Bonchev–Trinajstić information content (AvgIpc) is 2.70. The molecule has 10 heteroatoms. The van der Waals surface area contributed by atoms with E-state index in [9.17, 15) is 18.0 Å². The molecule has 0 saturated carbocycles. The van der Waals surface area contributed by atoms with Gasteiger partial charge in [0.05, 0.1) is 24.8 Å². The molecule has 0 aliphatic heterocycles. The lowest BCUT2D eigenvalue weighted by molar-refractivity contribution is -0.140. The van der Waals surface area contributed by atoms with Crippen LogP contribution in [0, 0.1) is 6.92 Å². The quantitative estimate of drug-likeness (QED) is 0.305. The molecule has 1 aromatic carbocycles. The fraction of sp³-hybridized carbons (Fsp3) is 0.300. The summed E-state index contributed by atoms with van der Waals surface area (Å²) < 4.78 is 43.5. The molecule has 0 amide bonds. The number of aryl methyl sites for hydroxylation is 1. The van der Waals surface area contributed by atoms with Crippen molar-refractivity contribution in [2.75, 3.05) is 14.2 Å². The van der Waals surface area contributed by atoms with E-state index in [-0.39, 0.29) is 23.7 Å². The van der Waals surface area contributed by atoms with Crippen molar-refractivity contribution in [2.45, 2.75) is 26.4 Å². The maximum atomic E-state index is 12.9. The van der Waals surface area contributed by atoms with Gasteiger partial charge in [-0.2, -0.15) is 13.2 Å². The molecule has 1 heterocycles. The number of esters is 1. The Hall–Kier alpha value is -3.43. The lowest BCUT2D eigenvalue weighted by atomic mass is 9.99. The minimum absolute atomic E-state index is 0.0128. The number of oxime groups is 2. The molecular formula is C20H20F3N3O4. The molecular weight excluding hydrogens is 403 g/mol. The molecule has 0 radical (unpaired) electrons. The summed E-state index contributed by atoms with van der Waals surface area (Å²) in [6.07, 6.45) is -3.51. The van der Waals surface area contributed by atoms with Crippen molar-refractivity contribution in [3.8, 4) is 0 Å². The third-order valence-corrected chi connectivity index (χ3v) is 4.04. The Morgan fingerprint density at radius 3 is 2.53 bits per heavy atom. The summed E-state index contributed by atoms with van der Waals surface area (Å²) in [7, 11) is 2.57. The van der Waals surface area contributed by atoms with Crippen LogP contribution in [-0.4, -0.2) is 36.8 Å². The molecule has 0 aliphatic carbocycles. The number of aromatic nitrogens is 1. The van der Waals surface area contributed by atoms with Gasteiger partial charge in [0.15, 0.2) is 0 Å².